The lowest BCUT2D eigenvalue weighted by atomic mass is 10.0. The van der Waals surface area contributed by atoms with E-state index in [0.717, 1.165) is 43.3 Å². The summed E-state index contributed by atoms with van der Waals surface area (Å²) in [5.41, 5.74) is 1.79. The van der Waals surface area contributed by atoms with E-state index in [-0.39, 0.29) is 12.5 Å². The lowest BCUT2D eigenvalue weighted by molar-refractivity contribution is -0.132. The minimum absolute atomic E-state index is 0.0852. The molecule has 2 aliphatic heterocycles. The van der Waals surface area contributed by atoms with Crippen LogP contribution in [0.25, 0.3) is 0 Å². The van der Waals surface area contributed by atoms with Crippen molar-refractivity contribution < 1.29 is 9.53 Å². The molecule has 3 heterocycles. The fourth-order valence-electron chi connectivity index (χ4n) is 3.25. The average molecular weight is 278 g/mol. The van der Waals surface area contributed by atoms with Crippen LogP contribution >= 0.6 is 0 Å². The number of likely N-dealkylation sites (tertiary alicyclic amines) is 1. The van der Waals surface area contributed by atoms with Gasteiger partial charge in [-0.25, -0.2) is 0 Å². The van der Waals surface area contributed by atoms with Crippen LogP contribution < -0.4 is 10.1 Å². The molecule has 2 aliphatic rings. The van der Waals surface area contributed by atoms with Gasteiger partial charge >= 0.3 is 0 Å². The summed E-state index contributed by atoms with van der Waals surface area (Å²) in [5.74, 6) is 2.07. The number of aryl methyl sites for hydroxylation is 2. The van der Waals surface area contributed by atoms with Crippen LogP contribution in [-0.2, 0) is 11.8 Å². The first-order valence-electron chi connectivity index (χ1n) is 7.17. The second kappa shape index (κ2) is 5.09. The first-order chi connectivity index (χ1) is 9.56. The SMILES string of the molecule is Cc1nn(C)c(C)c1OCC(=O)N1C[C@H]2CNC[C@H]2C1. The predicted octanol–water partition coefficient (Wildman–Crippen LogP) is 0.0935. The van der Waals surface area contributed by atoms with E-state index in [9.17, 15) is 4.79 Å². The van der Waals surface area contributed by atoms with E-state index in [2.05, 4.69) is 10.4 Å². The number of nitrogens with one attached hydrogen (secondary N) is 1. The van der Waals surface area contributed by atoms with Gasteiger partial charge in [-0.2, -0.15) is 5.10 Å². The molecule has 1 aromatic rings. The molecular weight excluding hydrogens is 256 g/mol. The number of carbonyl (C=O) groups is 1. The third-order valence-electron chi connectivity index (χ3n) is 4.52. The third-order valence-corrected chi connectivity index (χ3v) is 4.52. The molecule has 0 saturated carbocycles. The van der Waals surface area contributed by atoms with Crippen LogP contribution in [0.4, 0.5) is 0 Å². The molecule has 0 aromatic carbocycles. The number of fused-ring (bicyclic) bond motifs is 1. The van der Waals surface area contributed by atoms with Gasteiger partial charge in [-0.3, -0.25) is 9.48 Å². The molecule has 0 unspecified atom stereocenters. The van der Waals surface area contributed by atoms with Crippen molar-refractivity contribution >= 4 is 5.91 Å². The van der Waals surface area contributed by atoms with Crippen molar-refractivity contribution in [3.8, 4) is 5.75 Å². The number of ether oxygens (including phenoxy) is 1. The number of hydrogen-bond acceptors (Lipinski definition) is 4. The van der Waals surface area contributed by atoms with Crippen LogP contribution in [0.1, 0.15) is 11.4 Å². The Hall–Kier alpha value is -1.56. The van der Waals surface area contributed by atoms with Crippen molar-refractivity contribution in [1.29, 1.82) is 0 Å². The Morgan fingerprint density at radius 2 is 2.00 bits per heavy atom. The topological polar surface area (TPSA) is 59.4 Å². The fraction of sp³-hybridized carbons (Fsp3) is 0.714. The van der Waals surface area contributed by atoms with Crippen LogP contribution in [0, 0.1) is 25.7 Å². The standard InChI is InChI=1S/C14H22N4O2/c1-9-14(10(2)17(3)16-9)20-8-13(19)18-6-11-4-15-5-12(11)7-18/h11-12,15H,4-8H2,1-3H3/t11-,12+. The molecule has 0 spiro atoms. The Balaban J connectivity index is 1.57. The highest BCUT2D eigenvalue weighted by atomic mass is 16.5. The molecule has 110 valence electrons. The molecule has 1 amide bonds. The monoisotopic (exact) mass is 278 g/mol. The Bertz CT molecular complexity index is 513. The van der Waals surface area contributed by atoms with Gasteiger partial charge in [0.15, 0.2) is 12.4 Å². The van der Waals surface area contributed by atoms with E-state index in [0.29, 0.717) is 11.8 Å². The molecule has 6 nitrogen and oxygen atoms in total. The molecule has 0 radical (unpaired) electrons. The number of carbonyl (C=O) groups excluding carboxylic acids is 1. The van der Waals surface area contributed by atoms with Crippen LogP contribution in [0.2, 0.25) is 0 Å². The normalized spacial score (nSPS) is 25.1. The van der Waals surface area contributed by atoms with Gasteiger partial charge in [-0.05, 0) is 25.7 Å². The van der Waals surface area contributed by atoms with Crippen molar-refractivity contribution in [2.24, 2.45) is 18.9 Å². The van der Waals surface area contributed by atoms with E-state index < -0.39 is 0 Å². The molecule has 1 N–H and O–H groups in total. The maximum atomic E-state index is 12.2. The van der Waals surface area contributed by atoms with E-state index in [1.165, 1.54) is 0 Å². The van der Waals surface area contributed by atoms with Gasteiger partial charge in [-0.1, -0.05) is 0 Å². The molecule has 3 rings (SSSR count). The number of rotatable bonds is 3. The minimum Gasteiger partial charge on any atom is -0.480 e. The number of amides is 1. The van der Waals surface area contributed by atoms with Crippen molar-refractivity contribution in [2.75, 3.05) is 32.8 Å². The maximum Gasteiger partial charge on any atom is 0.260 e. The maximum absolute atomic E-state index is 12.2. The van der Waals surface area contributed by atoms with E-state index in [1.54, 1.807) is 4.68 Å². The van der Waals surface area contributed by atoms with E-state index in [1.807, 2.05) is 25.8 Å². The molecule has 0 aliphatic carbocycles. The van der Waals surface area contributed by atoms with Gasteiger partial charge in [0.25, 0.3) is 5.91 Å². The largest absolute Gasteiger partial charge is 0.480 e. The molecular formula is C14H22N4O2. The number of hydrogen-bond donors (Lipinski definition) is 1. The highest BCUT2D eigenvalue weighted by Crippen LogP contribution is 2.26. The van der Waals surface area contributed by atoms with Gasteiger partial charge in [0.2, 0.25) is 0 Å². The zero-order chi connectivity index (χ0) is 14.3. The quantitative estimate of drug-likeness (QED) is 0.851. The van der Waals surface area contributed by atoms with Gasteiger partial charge < -0.3 is 15.0 Å². The lowest BCUT2D eigenvalue weighted by Gasteiger charge is -2.17. The van der Waals surface area contributed by atoms with Crippen LogP contribution in [-0.4, -0.2) is 53.4 Å². The summed E-state index contributed by atoms with van der Waals surface area (Å²) in [6.45, 7) is 7.77. The molecule has 1 aromatic heterocycles. The first kappa shape index (κ1) is 13.4. The van der Waals surface area contributed by atoms with Gasteiger partial charge in [0, 0.05) is 33.2 Å². The summed E-state index contributed by atoms with van der Waals surface area (Å²) < 4.78 is 7.47. The smallest absolute Gasteiger partial charge is 0.260 e. The number of aromatic nitrogens is 2. The second-order valence-electron chi connectivity index (χ2n) is 5.89. The second-order valence-corrected chi connectivity index (χ2v) is 5.89. The molecule has 6 heteroatoms. The van der Waals surface area contributed by atoms with Crippen molar-refractivity contribution in [3.63, 3.8) is 0 Å². The Morgan fingerprint density at radius 3 is 2.55 bits per heavy atom. The molecule has 2 fully saturated rings. The summed E-state index contributed by atoms with van der Waals surface area (Å²) in [6, 6.07) is 0. The van der Waals surface area contributed by atoms with Crippen molar-refractivity contribution in [3.05, 3.63) is 11.4 Å². The zero-order valence-corrected chi connectivity index (χ0v) is 12.3. The Labute approximate surface area is 119 Å². The molecule has 20 heavy (non-hydrogen) atoms. The lowest BCUT2D eigenvalue weighted by Crippen LogP contribution is -2.35. The molecule has 2 saturated heterocycles. The van der Waals surface area contributed by atoms with Crippen LogP contribution in [0.15, 0.2) is 0 Å². The Kier molecular flexibility index (Phi) is 3.41. The van der Waals surface area contributed by atoms with Gasteiger partial charge in [0.05, 0.1) is 5.69 Å². The fourth-order valence-corrected chi connectivity index (χ4v) is 3.25. The van der Waals surface area contributed by atoms with Crippen molar-refractivity contribution in [1.82, 2.24) is 20.0 Å². The highest BCUT2D eigenvalue weighted by Gasteiger charge is 2.38. The summed E-state index contributed by atoms with van der Waals surface area (Å²) in [5, 5.41) is 7.67. The minimum atomic E-state index is 0.0852. The predicted molar refractivity (Wildman–Crippen MR) is 74.6 cm³/mol. The van der Waals surface area contributed by atoms with Crippen molar-refractivity contribution in [2.45, 2.75) is 13.8 Å². The van der Waals surface area contributed by atoms with Gasteiger partial charge in [-0.15, -0.1) is 0 Å². The molecule has 0 bridgehead atoms. The average Bonchev–Trinajstić information content (AvgIpc) is 3.03. The Morgan fingerprint density at radius 1 is 1.35 bits per heavy atom. The van der Waals surface area contributed by atoms with Crippen LogP contribution in [0.3, 0.4) is 0 Å². The summed E-state index contributed by atoms with van der Waals surface area (Å²) in [4.78, 5) is 14.2. The third kappa shape index (κ3) is 2.28. The zero-order valence-electron chi connectivity index (χ0n) is 12.3. The summed E-state index contributed by atoms with van der Waals surface area (Å²) in [7, 11) is 1.88. The van der Waals surface area contributed by atoms with E-state index >= 15 is 0 Å². The van der Waals surface area contributed by atoms with E-state index in [4.69, 9.17) is 4.74 Å². The summed E-state index contributed by atoms with van der Waals surface area (Å²) >= 11 is 0. The number of nitrogens with zero attached hydrogens (tertiary/aromatic N) is 3. The van der Waals surface area contributed by atoms with Crippen LogP contribution in [0.5, 0.6) is 5.75 Å². The highest BCUT2D eigenvalue weighted by molar-refractivity contribution is 5.78. The first-order valence-corrected chi connectivity index (χ1v) is 7.17. The van der Waals surface area contributed by atoms with Gasteiger partial charge in [0.1, 0.15) is 5.69 Å². The molecule has 2 atom stereocenters. The summed E-state index contributed by atoms with van der Waals surface area (Å²) in [6.07, 6.45) is 0.